The Labute approximate surface area is 311 Å². The van der Waals surface area contributed by atoms with Gasteiger partial charge in [0.25, 0.3) is 11.8 Å². The number of rotatable bonds is 10. The van der Waals surface area contributed by atoms with Gasteiger partial charge >= 0.3 is 0 Å². The maximum absolute atomic E-state index is 14.9. The van der Waals surface area contributed by atoms with Crippen molar-refractivity contribution >= 4 is 37.2 Å². The zero-order chi connectivity index (χ0) is 37.0. The monoisotopic (exact) mass is 735 g/mol. The van der Waals surface area contributed by atoms with E-state index in [2.05, 4.69) is 39.6 Å². The molecular weight excluding hydrogens is 687 g/mol. The second-order valence-corrected chi connectivity index (χ2v) is 19.6. The quantitative estimate of drug-likeness (QED) is 0.205. The summed E-state index contributed by atoms with van der Waals surface area (Å²) in [5, 5.41) is 21.1. The minimum Gasteiger partial charge on any atom is -0.432 e. The number of amides is 2. The second-order valence-electron chi connectivity index (χ2n) is 15.6. The molecule has 0 unspecified atom stereocenters. The van der Waals surface area contributed by atoms with Crippen molar-refractivity contribution in [2.75, 3.05) is 41.1 Å². The summed E-state index contributed by atoms with van der Waals surface area (Å²) in [6, 6.07) is 26.1. The summed E-state index contributed by atoms with van der Waals surface area (Å²) >= 11 is 0. The molecule has 4 atom stereocenters. The first kappa shape index (κ1) is 35.6. The number of aryl methyl sites for hydroxylation is 1. The Bertz CT molecular complexity index is 1960. The fourth-order valence-corrected chi connectivity index (χ4v) is 12.1. The van der Waals surface area contributed by atoms with Gasteiger partial charge in [0.1, 0.15) is 5.54 Å². The topological polar surface area (TPSA) is 136 Å². The molecule has 278 valence electrons. The zero-order valence-corrected chi connectivity index (χ0v) is 31.7. The highest BCUT2D eigenvalue weighted by Crippen LogP contribution is 2.59. The molecule has 0 radical (unpaired) electrons. The largest absolute Gasteiger partial charge is 0.432 e. The minimum absolute atomic E-state index is 0.00332. The summed E-state index contributed by atoms with van der Waals surface area (Å²) in [7, 11) is -2.82. The van der Waals surface area contributed by atoms with Crippen molar-refractivity contribution in [3.8, 4) is 0 Å². The third-order valence-electron chi connectivity index (χ3n) is 12.0. The van der Waals surface area contributed by atoms with Crippen LogP contribution in [0.15, 0.2) is 85.1 Å². The predicted octanol–water partition coefficient (Wildman–Crippen LogP) is 4.18. The van der Waals surface area contributed by atoms with Crippen molar-refractivity contribution in [3.63, 3.8) is 0 Å². The summed E-state index contributed by atoms with van der Waals surface area (Å²) < 4.78 is 8.72. The molecular formula is C40H49N7O5Si. The average molecular weight is 736 g/mol. The number of aliphatic hydroxyl groups is 1. The van der Waals surface area contributed by atoms with Crippen LogP contribution < -0.4 is 20.0 Å². The number of nitrogens with zero attached hydrogens (tertiary/aromatic N) is 6. The predicted molar refractivity (Wildman–Crippen MR) is 205 cm³/mol. The minimum atomic E-state index is -2.82. The van der Waals surface area contributed by atoms with E-state index in [4.69, 9.17) is 4.74 Å². The van der Waals surface area contributed by atoms with Gasteiger partial charge in [-0.05, 0) is 81.3 Å². The number of ether oxygens (including phenoxy) is 1. The fourth-order valence-electron chi connectivity index (χ4n) is 9.53. The van der Waals surface area contributed by atoms with E-state index < -0.39 is 19.5 Å². The van der Waals surface area contributed by atoms with Gasteiger partial charge in [-0.2, -0.15) is 0 Å². The van der Waals surface area contributed by atoms with E-state index in [0.29, 0.717) is 38.3 Å². The molecule has 2 spiro atoms. The molecule has 2 amide bonds. The molecule has 4 aromatic rings. The number of aromatic nitrogens is 3. The molecule has 0 aliphatic carbocycles. The summed E-state index contributed by atoms with van der Waals surface area (Å²) in [6.07, 6.45) is 3.95. The molecule has 0 saturated carbocycles. The van der Waals surface area contributed by atoms with E-state index >= 15 is 0 Å². The van der Waals surface area contributed by atoms with Gasteiger partial charge < -0.3 is 29.8 Å². The van der Waals surface area contributed by atoms with Crippen molar-refractivity contribution in [1.82, 2.24) is 20.3 Å². The molecule has 3 aromatic carbocycles. The average Bonchev–Trinajstić information content (AvgIpc) is 3.88. The van der Waals surface area contributed by atoms with Crippen LogP contribution in [0.2, 0.25) is 18.6 Å². The molecule has 5 heterocycles. The Kier molecular flexibility index (Phi) is 9.26. The third-order valence-corrected chi connectivity index (χ3v) is 14.5. The normalized spacial score (nSPS) is 25.3. The smallest absolute Gasteiger partial charge is 0.264 e. The number of nitrogens with one attached hydrogen (secondary N) is 1. The first-order valence-corrected chi connectivity index (χ1v) is 21.8. The highest BCUT2D eigenvalue weighted by Gasteiger charge is 2.66. The van der Waals surface area contributed by atoms with Gasteiger partial charge in [0, 0.05) is 54.2 Å². The van der Waals surface area contributed by atoms with Crippen LogP contribution in [-0.2, 0) is 39.4 Å². The van der Waals surface area contributed by atoms with E-state index in [1.165, 1.54) is 0 Å². The summed E-state index contributed by atoms with van der Waals surface area (Å²) in [6.45, 7) is 8.84. The van der Waals surface area contributed by atoms with Crippen molar-refractivity contribution in [2.45, 2.75) is 81.6 Å². The molecule has 4 aliphatic heterocycles. The van der Waals surface area contributed by atoms with Crippen LogP contribution in [0.5, 0.6) is 0 Å². The first-order valence-electron chi connectivity index (χ1n) is 18.8. The molecule has 13 heteroatoms. The number of fused-ring (bicyclic) bond motifs is 2. The van der Waals surface area contributed by atoms with Gasteiger partial charge in [-0.15, -0.1) is 5.10 Å². The maximum atomic E-state index is 14.9. The Balaban J connectivity index is 1.04. The van der Waals surface area contributed by atoms with Gasteiger partial charge in [-0.25, -0.2) is 0 Å². The van der Waals surface area contributed by atoms with Crippen LogP contribution in [0.3, 0.4) is 0 Å². The second kappa shape index (κ2) is 13.8. The number of hydrogen-bond acceptors (Lipinski definition) is 9. The number of anilines is 3. The summed E-state index contributed by atoms with van der Waals surface area (Å²) in [4.78, 5) is 46.7. The lowest BCUT2D eigenvalue weighted by atomic mass is 9.82. The highest BCUT2D eigenvalue weighted by atomic mass is 28.4. The zero-order valence-electron chi connectivity index (χ0n) is 30.7. The van der Waals surface area contributed by atoms with E-state index in [9.17, 15) is 19.5 Å². The first-order chi connectivity index (χ1) is 25.6. The van der Waals surface area contributed by atoms with Gasteiger partial charge in [0.15, 0.2) is 13.9 Å². The van der Waals surface area contributed by atoms with Crippen LogP contribution in [0.1, 0.15) is 43.0 Å². The lowest BCUT2D eigenvalue weighted by Gasteiger charge is -2.39. The Morgan fingerprint density at radius 2 is 1.66 bits per heavy atom. The van der Waals surface area contributed by atoms with E-state index in [0.717, 1.165) is 54.1 Å². The number of para-hydroxylation sites is 2. The molecule has 3 fully saturated rings. The molecule has 3 saturated heterocycles. The van der Waals surface area contributed by atoms with E-state index in [1.54, 1.807) is 4.68 Å². The lowest BCUT2D eigenvalue weighted by Crippen LogP contribution is -2.55. The summed E-state index contributed by atoms with van der Waals surface area (Å²) in [5.74, 6) is -0.257. The van der Waals surface area contributed by atoms with Crippen molar-refractivity contribution in [3.05, 3.63) is 102 Å². The Hall–Kier alpha value is -4.40. The number of carbonyl (C=O) groups is 2. The van der Waals surface area contributed by atoms with Crippen LogP contribution in [0.4, 0.5) is 17.1 Å². The Morgan fingerprint density at radius 1 is 0.943 bits per heavy atom. The van der Waals surface area contributed by atoms with Crippen molar-refractivity contribution in [2.24, 2.45) is 5.92 Å². The third kappa shape index (κ3) is 5.98. The maximum Gasteiger partial charge on any atom is 0.264 e. The van der Waals surface area contributed by atoms with E-state index in [1.807, 2.05) is 95.8 Å². The Morgan fingerprint density at radius 3 is 2.38 bits per heavy atom. The van der Waals surface area contributed by atoms with Gasteiger partial charge in [-0.3, -0.25) is 19.2 Å². The van der Waals surface area contributed by atoms with Crippen molar-refractivity contribution in [1.29, 1.82) is 0 Å². The number of carbonyl (C=O) groups excluding carboxylic acids is 2. The summed E-state index contributed by atoms with van der Waals surface area (Å²) in [5.41, 5.74) is 3.19. The van der Waals surface area contributed by atoms with Crippen molar-refractivity contribution < 1.29 is 24.2 Å². The van der Waals surface area contributed by atoms with Crippen LogP contribution >= 0.6 is 0 Å². The van der Waals surface area contributed by atoms with Crippen LogP contribution in [0, 0.1) is 5.92 Å². The van der Waals surface area contributed by atoms with Crippen LogP contribution in [-0.4, -0.2) is 83.0 Å². The van der Waals surface area contributed by atoms with E-state index in [-0.39, 0.29) is 36.0 Å². The molecule has 1 aromatic heterocycles. The molecule has 12 nitrogen and oxygen atoms in total. The lowest BCUT2D eigenvalue weighted by molar-refractivity contribution is -0.146. The van der Waals surface area contributed by atoms with Gasteiger partial charge in [0.2, 0.25) is 0 Å². The highest BCUT2D eigenvalue weighted by molar-refractivity contribution is 6.71. The molecule has 3 N–H and O–H groups in total. The number of piperidine rings is 1. The molecule has 0 bridgehead atoms. The fraction of sp³-hybridized carbons (Fsp3) is 0.450. The standard InChI is InChI=1S/C40H49N7O5Si/c1-28-36(53(2,3)51)35(17-23-44-26-30(18-24-48)42-43-44)52-40(28)33-11-7-8-12-34(33)45(38(40)50)25-29-13-15-31(16-14-29)46-27-47(32-9-5-4-6-10-32)39(37(46)49)19-21-41-22-20-39/h4-16,26,28,35-36,41,48,51H,17-25,27H2,1-3H3/t28-,35+,36-,40+/m0/s1. The SMILES string of the molecule is C[C@H]1[C@H]([Si](C)(C)O)[C@@H](CCn2cc(CCO)nn2)O[C@]12C(=O)N(Cc1ccc(N3CN(c4ccccc4)C4(CCNCC4)C3=O)cc1)c1ccccc12. The molecule has 8 rings (SSSR count). The van der Waals surface area contributed by atoms with Gasteiger partial charge in [0.05, 0.1) is 30.7 Å². The number of hydrogen-bond donors (Lipinski definition) is 3. The van der Waals surface area contributed by atoms with Gasteiger partial charge in [-0.1, -0.05) is 60.7 Å². The molecule has 53 heavy (non-hydrogen) atoms. The molecule has 4 aliphatic rings. The number of aliphatic hydroxyl groups excluding tert-OH is 1. The van der Waals surface area contributed by atoms with Crippen LogP contribution in [0.25, 0.3) is 0 Å². The number of benzene rings is 3.